The molecule has 3 aromatic heterocycles. The summed E-state index contributed by atoms with van der Waals surface area (Å²) in [6.07, 6.45) is 2.66. The predicted molar refractivity (Wildman–Crippen MR) is 115 cm³/mol. The molecule has 1 amide bonds. The third-order valence-electron chi connectivity index (χ3n) is 3.91. The average molecular weight is 499 g/mol. The number of benzene rings is 1. The molecule has 0 bridgehead atoms. The molecule has 3 N–H and O–H groups in total. The number of primary amides is 1. The molecule has 14 heteroatoms. The maximum Gasteiger partial charge on any atom is 0.287 e. The lowest BCUT2D eigenvalue weighted by molar-refractivity contribution is 0.0988. The van der Waals surface area contributed by atoms with Crippen LogP contribution in [0.4, 0.5) is 5.69 Å². The van der Waals surface area contributed by atoms with Gasteiger partial charge in [0.2, 0.25) is 5.82 Å². The first-order valence-electron chi connectivity index (χ1n) is 8.30. The Kier molecular flexibility index (Phi) is 5.92. The highest BCUT2D eigenvalue weighted by molar-refractivity contribution is 7.86. The van der Waals surface area contributed by atoms with Crippen molar-refractivity contribution in [1.82, 2.24) is 24.9 Å². The van der Waals surface area contributed by atoms with Crippen LogP contribution in [0.1, 0.15) is 10.6 Å². The predicted octanol–water partition coefficient (Wildman–Crippen LogP) is 3.51. The molecule has 1 aromatic carbocycles. The average Bonchev–Trinajstić information content (AvgIpc) is 3.39. The Morgan fingerprint density at radius 2 is 1.94 bits per heavy atom. The second-order valence-corrected chi connectivity index (χ2v) is 8.36. The van der Waals surface area contributed by atoms with E-state index in [9.17, 15) is 9.00 Å². The SMILES string of the molecule is NC(=O)c1nnc(-c2ncc(Cl)cc2NS(=O)c2ccc(Cl)c(Cl)c2)n1-c1ccon1. The summed E-state index contributed by atoms with van der Waals surface area (Å²) in [5, 5.41) is 12.5. The van der Waals surface area contributed by atoms with Crippen LogP contribution in [0.5, 0.6) is 0 Å². The number of nitrogens with zero attached hydrogens (tertiary/aromatic N) is 5. The Labute approximate surface area is 191 Å². The van der Waals surface area contributed by atoms with E-state index in [0.29, 0.717) is 9.92 Å². The molecule has 3 heterocycles. The summed E-state index contributed by atoms with van der Waals surface area (Å²) in [5.74, 6) is -0.753. The number of amides is 1. The van der Waals surface area contributed by atoms with E-state index in [2.05, 4.69) is 25.1 Å². The molecule has 158 valence electrons. The Morgan fingerprint density at radius 3 is 2.61 bits per heavy atom. The van der Waals surface area contributed by atoms with Gasteiger partial charge in [-0.3, -0.25) is 9.52 Å². The van der Waals surface area contributed by atoms with E-state index in [1.807, 2.05) is 0 Å². The minimum absolute atomic E-state index is 0.0907. The third-order valence-corrected chi connectivity index (χ3v) is 5.94. The van der Waals surface area contributed by atoms with Crippen LogP contribution < -0.4 is 10.5 Å². The number of nitrogens with two attached hydrogens (primary N) is 1. The van der Waals surface area contributed by atoms with Gasteiger partial charge in [-0.05, 0) is 24.3 Å². The number of carbonyl (C=O) groups excluding carboxylic acids is 1. The Morgan fingerprint density at radius 1 is 1.13 bits per heavy atom. The van der Waals surface area contributed by atoms with Crippen LogP contribution in [0.25, 0.3) is 17.3 Å². The number of hydrogen-bond donors (Lipinski definition) is 2. The van der Waals surface area contributed by atoms with Crippen LogP contribution in [0.2, 0.25) is 15.1 Å². The fraction of sp³-hybridized carbons (Fsp3) is 0. The molecule has 1 atom stereocenters. The number of anilines is 1. The molecule has 0 spiro atoms. The van der Waals surface area contributed by atoms with Gasteiger partial charge in [0, 0.05) is 12.3 Å². The summed E-state index contributed by atoms with van der Waals surface area (Å²) >= 11 is 18.0. The molecule has 4 aromatic rings. The monoisotopic (exact) mass is 497 g/mol. The Balaban J connectivity index is 1.81. The smallest absolute Gasteiger partial charge is 0.287 e. The van der Waals surface area contributed by atoms with Gasteiger partial charge in [-0.2, -0.15) is 0 Å². The van der Waals surface area contributed by atoms with Crippen LogP contribution in [0.15, 0.2) is 52.2 Å². The largest absolute Gasteiger partial charge is 0.363 e. The minimum atomic E-state index is -1.77. The summed E-state index contributed by atoms with van der Waals surface area (Å²) < 4.78 is 21.8. The number of aromatic nitrogens is 5. The van der Waals surface area contributed by atoms with E-state index >= 15 is 0 Å². The minimum Gasteiger partial charge on any atom is -0.363 e. The van der Waals surface area contributed by atoms with E-state index in [1.54, 1.807) is 6.07 Å². The quantitative estimate of drug-likeness (QED) is 0.414. The van der Waals surface area contributed by atoms with Crippen molar-refractivity contribution in [3.05, 3.63) is 63.7 Å². The summed E-state index contributed by atoms with van der Waals surface area (Å²) in [4.78, 5) is 16.5. The summed E-state index contributed by atoms with van der Waals surface area (Å²) in [5.41, 5.74) is 5.83. The third kappa shape index (κ3) is 4.26. The normalized spacial score (nSPS) is 12.0. The number of rotatable bonds is 6. The van der Waals surface area contributed by atoms with Crippen LogP contribution in [0.3, 0.4) is 0 Å². The van der Waals surface area contributed by atoms with Gasteiger partial charge in [0.15, 0.2) is 11.6 Å². The maximum absolute atomic E-state index is 12.9. The number of nitrogens with one attached hydrogen (secondary N) is 1. The standard InChI is InChI=1S/C17H10Cl3N7O3S/c18-8-5-12(26-31(29)9-1-2-10(19)11(20)6-9)14(22-7-8)16-23-24-17(15(21)28)27(16)13-3-4-30-25-13/h1-7,26H,(H2,21,28). The van der Waals surface area contributed by atoms with Crippen molar-refractivity contribution >= 4 is 57.4 Å². The highest BCUT2D eigenvalue weighted by Gasteiger charge is 2.24. The van der Waals surface area contributed by atoms with Gasteiger partial charge >= 0.3 is 0 Å². The van der Waals surface area contributed by atoms with E-state index in [1.165, 1.54) is 41.3 Å². The van der Waals surface area contributed by atoms with Crippen molar-refractivity contribution in [2.45, 2.75) is 4.90 Å². The molecule has 0 radical (unpaired) electrons. The molecule has 0 aliphatic carbocycles. The molecule has 10 nitrogen and oxygen atoms in total. The van der Waals surface area contributed by atoms with Crippen molar-refractivity contribution in [2.24, 2.45) is 5.73 Å². The summed E-state index contributed by atoms with van der Waals surface area (Å²) in [7, 11) is -1.77. The van der Waals surface area contributed by atoms with Gasteiger partial charge < -0.3 is 10.3 Å². The molecule has 0 saturated heterocycles. The van der Waals surface area contributed by atoms with Crippen molar-refractivity contribution in [3.8, 4) is 17.3 Å². The second kappa shape index (κ2) is 8.63. The molecule has 0 aliphatic rings. The molecule has 4 rings (SSSR count). The molecule has 1 unspecified atom stereocenters. The van der Waals surface area contributed by atoms with Gasteiger partial charge in [-0.25, -0.2) is 13.8 Å². The lowest BCUT2D eigenvalue weighted by atomic mass is 10.3. The van der Waals surface area contributed by atoms with Gasteiger partial charge in [0.05, 0.1) is 25.7 Å². The van der Waals surface area contributed by atoms with E-state index in [-0.39, 0.29) is 38.9 Å². The van der Waals surface area contributed by atoms with Gasteiger partial charge in [0.25, 0.3) is 5.91 Å². The number of hydrogen-bond acceptors (Lipinski definition) is 7. The van der Waals surface area contributed by atoms with E-state index < -0.39 is 16.9 Å². The highest BCUT2D eigenvalue weighted by Crippen LogP contribution is 2.31. The van der Waals surface area contributed by atoms with Crippen LogP contribution in [-0.4, -0.2) is 35.0 Å². The van der Waals surface area contributed by atoms with Crippen molar-refractivity contribution in [1.29, 1.82) is 0 Å². The fourth-order valence-corrected chi connectivity index (χ4v) is 3.99. The van der Waals surface area contributed by atoms with Gasteiger partial charge in [-0.15, -0.1) is 10.2 Å². The van der Waals surface area contributed by atoms with Crippen LogP contribution in [0, 0.1) is 0 Å². The van der Waals surface area contributed by atoms with Gasteiger partial charge in [0.1, 0.15) is 22.9 Å². The topological polar surface area (TPSA) is 142 Å². The Hall–Kier alpha value is -2.99. The van der Waals surface area contributed by atoms with Gasteiger partial charge in [-0.1, -0.05) is 40.0 Å². The number of halogens is 3. The summed E-state index contributed by atoms with van der Waals surface area (Å²) in [6, 6.07) is 7.52. The molecule has 0 saturated carbocycles. The number of pyridine rings is 1. The molecular weight excluding hydrogens is 489 g/mol. The zero-order valence-electron chi connectivity index (χ0n) is 15.1. The lowest BCUT2D eigenvalue weighted by Crippen LogP contribution is -2.18. The zero-order valence-corrected chi connectivity index (χ0v) is 18.2. The van der Waals surface area contributed by atoms with Crippen LogP contribution in [-0.2, 0) is 11.0 Å². The Bertz CT molecular complexity index is 1310. The highest BCUT2D eigenvalue weighted by atomic mass is 35.5. The van der Waals surface area contributed by atoms with E-state index in [4.69, 9.17) is 45.1 Å². The van der Waals surface area contributed by atoms with Crippen molar-refractivity contribution < 1.29 is 13.5 Å². The van der Waals surface area contributed by atoms with Crippen molar-refractivity contribution in [3.63, 3.8) is 0 Å². The zero-order chi connectivity index (χ0) is 22.1. The molecule has 0 fully saturated rings. The fourth-order valence-electron chi connectivity index (χ4n) is 2.58. The first-order chi connectivity index (χ1) is 14.8. The molecular formula is C17H10Cl3N7O3S. The molecule has 31 heavy (non-hydrogen) atoms. The summed E-state index contributed by atoms with van der Waals surface area (Å²) in [6.45, 7) is 0. The second-order valence-electron chi connectivity index (χ2n) is 5.90. The first-order valence-corrected chi connectivity index (χ1v) is 10.6. The number of carbonyl (C=O) groups is 1. The first kappa shape index (κ1) is 21.2. The lowest BCUT2D eigenvalue weighted by Gasteiger charge is -2.12. The van der Waals surface area contributed by atoms with Crippen LogP contribution >= 0.6 is 34.8 Å². The van der Waals surface area contributed by atoms with Crippen molar-refractivity contribution in [2.75, 3.05) is 4.72 Å². The van der Waals surface area contributed by atoms with E-state index in [0.717, 1.165) is 0 Å². The molecule has 0 aliphatic heterocycles. The maximum atomic E-state index is 12.9.